The van der Waals surface area contributed by atoms with Crippen LogP contribution in [0.2, 0.25) is 0 Å². The summed E-state index contributed by atoms with van der Waals surface area (Å²) < 4.78 is 17.7. The number of nitrogens with one attached hydrogen (secondary N) is 1. The van der Waals surface area contributed by atoms with Gasteiger partial charge in [0, 0.05) is 19.6 Å². The molecule has 0 amide bonds. The summed E-state index contributed by atoms with van der Waals surface area (Å²) in [6.07, 6.45) is 3.31. The molecule has 150 valence electrons. The quantitative estimate of drug-likeness (QED) is 0.496. The van der Waals surface area contributed by atoms with E-state index in [2.05, 4.69) is 45.2 Å². The van der Waals surface area contributed by atoms with Crippen molar-refractivity contribution < 1.29 is 26.6 Å². The maximum Gasteiger partial charge on any atom is 0.175 e. The Labute approximate surface area is 172 Å². The molecule has 1 aromatic rings. The molecular formula is C19H31BrClN2O3-. The van der Waals surface area contributed by atoms with Gasteiger partial charge < -0.3 is 31.9 Å². The molecule has 1 fully saturated rings. The van der Waals surface area contributed by atoms with Gasteiger partial charge in [0.1, 0.15) is 0 Å². The van der Waals surface area contributed by atoms with Crippen LogP contribution in [-0.4, -0.2) is 58.0 Å². The maximum atomic E-state index is 5.86. The predicted octanol–water partition coefficient (Wildman–Crippen LogP) is 0.453. The molecule has 5 nitrogen and oxygen atoms in total. The summed E-state index contributed by atoms with van der Waals surface area (Å²) in [5.74, 6) is 1.59. The minimum Gasteiger partial charge on any atom is -1.00 e. The third kappa shape index (κ3) is 8.01. The Hall–Kier alpha value is -0.530. The minimum atomic E-state index is 0. The first kappa shape index (κ1) is 23.5. The number of morpholine rings is 1. The van der Waals surface area contributed by atoms with Crippen LogP contribution in [0.5, 0.6) is 11.5 Å². The molecule has 0 bridgehead atoms. The Morgan fingerprint density at radius 1 is 1.23 bits per heavy atom. The van der Waals surface area contributed by atoms with Crippen molar-refractivity contribution in [3.8, 4) is 11.5 Å². The van der Waals surface area contributed by atoms with Gasteiger partial charge in [0.15, 0.2) is 11.5 Å². The van der Waals surface area contributed by atoms with Crippen LogP contribution >= 0.6 is 15.9 Å². The number of ether oxygens (including phenoxy) is 3. The summed E-state index contributed by atoms with van der Waals surface area (Å²) >= 11 is 3.61. The molecular weight excluding hydrogens is 420 g/mol. The third-order valence-electron chi connectivity index (χ3n) is 4.29. The summed E-state index contributed by atoms with van der Waals surface area (Å²) in [5.41, 5.74) is 1.19. The van der Waals surface area contributed by atoms with E-state index < -0.39 is 0 Å². The fourth-order valence-electron chi connectivity index (χ4n) is 2.82. The molecule has 1 saturated heterocycles. The summed E-state index contributed by atoms with van der Waals surface area (Å²) in [7, 11) is 1.69. The first-order valence-electron chi connectivity index (χ1n) is 9.24. The van der Waals surface area contributed by atoms with Gasteiger partial charge in [-0.1, -0.05) is 13.3 Å². The van der Waals surface area contributed by atoms with Crippen LogP contribution in [0.15, 0.2) is 16.6 Å². The maximum absolute atomic E-state index is 5.86. The van der Waals surface area contributed by atoms with E-state index in [0.29, 0.717) is 6.61 Å². The molecule has 1 aliphatic rings. The van der Waals surface area contributed by atoms with E-state index in [1.54, 1.807) is 7.11 Å². The molecule has 1 N–H and O–H groups in total. The summed E-state index contributed by atoms with van der Waals surface area (Å²) in [6, 6.07) is 4.17. The van der Waals surface area contributed by atoms with Crippen LogP contribution in [-0.2, 0) is 11.3 Å². The van der Waals surface area contributed by atoms with E-state index in [0.717, 1.165) is 81.2 Å². The van der Waals surface area contributed by atoms with Crippen LogP contribution in [0.25, 0.3) is 0 Å². The molecule has 0 saturated carbocycles. The van der Waals surface area contributed by atoms with E-state index in [-0.39, 0.29) is 12.4 Å². The summed E-state index contributed by atoms with van der Waals surface area (Å²) in [4.78, 5) is 2.47. The van der Waals surface area contributed by atoms with Crippen molar-refractivity contribution in [3.63, 3.8) is 0 Å². The largest absolute Gasteiger partial charge is 1.00 e. The molecule has 0 atom stereocenters. The number of rotatable bonds is 11. The first-order valence-corrected chi connectivity index (χ1v) is 10.0. The zero-order chi connectivity index (χ0) is 17.9. The average molecular weight is 451 g/mol. The molecule has 0 unspecified atom stereocenters. The number of unbranched alkanes of at least 4 members (excludes halogenated alkanes) is 1. The third-order valence-corrected chi connectivity index (χ3v) is 4.88. The number of hydrogen-bond acceptors (Lipinski definition) is 5. The molecule has 1 heterocycles. The Morgan fingerprint density at radius 3 is 2.69 bits per heavy atom. The smallest absolute Gasteiger partial charge is 0.175 e. The van der Waals surface area contributed by atoms with Crippen LogP contribution in [0.3, 0.4) is 0 Å². The lowest BCUT2D eigenvalue weighted by Crippen LogP contribution is -3.00. The van der Waals surface area contributed by atoms with Crippen molar-refractivity contribution in [1.82, 2.24) is 10.2 Å². The zero-order valence-electron chi connectivity index (χ0n) is 15.9. The highest BCUT2D eigenvalue weighted by Crippen LogP contribution is 2.36. The fourth-order valence-corrected chi connectivity index (χ4v) is 3.42. The number of nitrogens with zero attached hydrogens (tertiary/aromatic N) is 1. The van der Waals surface area contributed by atoms with Crippen molar-refractivity contribution in [2.24, 2.45) is 0 Å². The Morgan fingerprint density at radius 2 is 2.00 bits per heavy atom. The van der Waals surface area contributed by atoms with Crippen molar-refractivity contribution in [3.05, 3.63) is 22.2 Å². The second-order valence-corrected chi connectivity index (χ2v) is 7.15. The van der Waals surface area contributed by atoms with Gasteiger partial charge in [-0.15, -0.1) is 0 Å². The highest BCUT2D eigenvalue weighted by Gasteiger charge is 2.12. The number of halogens is 2. The lowest BCUT2D eigenvalue weighted by atomic mass is 10.2. The standard InChI is InChI=1S/C19H31BrN2O3.ClH/c1-3-4-10-25-19-17(20)13-16(14-18(19)23-2)15-21-6-5-7-22-8-11-24-12-9-22;/h13-14,21H,3-12,15H2,1-2H3;1H/p-1. The van der Waals surface area contributed by atoms with Gasteiger partial charge >= 0.3 is 0 Å². The molecule has 1 aromatic carbocycles. The van der Waals surface area contributed by atoms with E-state index in [1.165, 1.54) is 5.56 Å². The molecule has 7 heteroatoms. The predicted molar refractivity (Wildman–Crippen MR) is 105 cm³/mol. The van der Waals surface area contributed by atoms with Crippen LogP contribution in [0, 0.1) is 0 Å². The minimum absolute atomic E-state index is 0. The lowest BCUT2D eigenvalue weighted by molar-refractivity contribution is -0.00000737. The topological polar surface area (TPSA) is 43.0 Å². The first-order chi connectivity index (χ1) is 12.2. The normalized spacial score (nSPS) is 14.7. The number of methoxy groups -OCH3 is 1. The van der Waals surface area contributed by atoms with E-state index >= 15 is 0 Å². The number of benzene rings is 1. The Bertz CT molecular complexity index is 514. The fraction of sp³-hybridized carbons (Fsp3) is 0.684. The molecule has 0 radical (unpaired) electrons. The second-order valence-electron chi connectivity index (χ2n) is 6.30. The molecule has 0 aromatic heterocycles. The van der Waals surface area contributed by atoms with Gasteiger partial charge in [-0.25, -0.2) is 0 Å². The van der Waals surface area contributed by atoms with E-state index in [9.17, 15) is 0 Å². The van der Waals surface area contributed by atoms with Gasteiger partial charge in [-0.2, -0.15) is 0 Å². The highest BCUT2D eigenvalue weighted by molar-refractivity contribution is 9.10. The van der Waals surface area contributed by atoms with Gasteiger partial charge in [0.05, 0.1) is 31.4 Å². The van der Waals surface area contributed by atoms with Crippen molar-refractivity contribution in [1.29, 1.82) is 0 Å². The zero-order valence-corrected chi connectivity index (χ0v) is 18.2. The van der Waals surface area contributed by atoms with Crippen LogP contribution in [0.4, 0.5) is 0 Å². The van der Waals surface area contributed by atoms with Crippen molar-refractivity contribution >= 4 is 15.9 Å². The molecule has 26 heavy (non-hydrogen) atoms. The average Bonchev–Trinajstić information content (AvgIpc) is 2.63. The summed E-state index contributed by atoms with van der Waals surface area (Å²) in [5, 5.41) is 3.52. The molecule has 2 rings (SSSR count). The molecule has 0 spiro atoms. The molecule has 1 aliphatic heterocycles. The van der Waals surface area contributed by atoms with Gasteiger partial charge in [-0.3, -0.25) is 4.90 Å². The highest BCUT2D eigenvalue weighted by atomic mass is 79.9. The number of hydrogen-bond donors (Lipinski definition) is 1. The van der Waals surface area contributed by atoms with Crippen molar-refractivity contribution in [2.75, 3.05) is 53.1 Å². The molecule has 0 aliphatic carbocycles. The van der Waals surface area contributed by atoms with Gasteiger partial charge in [0.25, 0.3) is 0 Å². The van der Waals surface area contributed by atoms with E-state index in [1.807, 2.05) is 0 Å². The second kappa shape index (κ2) is 13.6. The van der Waals surface area contributed by atoms with Crippen molar-refractivity contribution in [2.45, 2.75) is 32.7 Å². The summed E-state index contributed by atoms with van der Waals surface area (Å²) in [6.45, 7) is 9.69. The monoisotopic (exact) mass is 449 g/mol. The Balaban J connectivity index is 0.00000338. The van der Waals surface area contributed by atoms with Crippen LogP contribution in [0.1, 0.15) is 31.7 Å². The lowest BCUT2D eigenvalue weighted by Gasteiger charge is -2.26. The Kier molecular flexibility index (Phi) is 12.3. The van der Waals surface area contributed by atoms with Gasteiger partial charge in [0.2, 0.25) is 0 Å². The SMILES string of the molecule is CCCCOc1c(Br)cc(CNCCCN2CCOCC2)cc1OC.[Cl-]. The van der Waals surface area contributed by atoms with E-state index in [4.69, 9.17) is 14.2 Å². The van der Waals surface area contributed by atoms with Gasteiger partial charge in [-0.05, 0) is 59.6 Å². The van der Waals surface area contributed by atoms with Crippen LogP contribution < -0.4 is 27.2 Å².